The first-order valence-electron chi connectivity index (χ1n) is 8.41. The zero-order valence-corrected chi connectivity index (χ0v) is 16.4. The molecule has 3 N–H and O–H groups in total. The second-order valence-electron chi connectivity index (χ2n) is 8.55. The molecule has 0 aromatic heterocycles. The largest absolute Gasteiger partial charge is 0.507 e. The minimum absolute atomic E-state index is 0.143. The van der Waals surface area contributed by atoms with Gasteiger partial charge in [0, 0.05) is 20.6 Å². The molecule has 0 aliphatic heterocycles. The van der Waals surface area contributed by atoms with Gasteiger partial charge in [0.1, 0.15) is 5.75 Å². The first-order valence-corrected chi connectivity index (χ1v) is 8.41. The lowest BCUT2D eigenvalue weighted by Crippen LogP contribution is -2.43. The molecule has 1 aromatic carbocycles. The summed E-state index contributed by atoms with van der Waals surface area (Å²) in [7, 11) is 3.54. The minimum Gasteiger partial charge on any atom is -0.507 e. The molecule has 0 bridgehead atoms. The van der Waals surface area contributed by atoms with Crippen molar-refractivity contribution in [3.05, 3.63) is 28.8 Å². The predicted molar refractivity (Wildman–Crippen MR) is 99.4 cm³/mol. The van der Waals surface area contributed by atoms with E-state index in [0.717, 1.165) is 16.7 Å². The number of hydrogen-bond donors (Lipinski definition) is 3. The van der Waals surface area contributed by atoms with E-state index >= 15 is 0 Å². The fourth-order valence-corrected chi connectivity index (χ4v) is 2.55. The highest BCUT2D eigenvalue weighted by atomic mass is 16.3. The molecule has 0 fully saturated rings. The Morgan fingerprint density at radius 2 is 1.50 bits per heavy atom. The summed E-state index contributed by atoms with van der Waals surface area (Å²) in [6.07, 6.45) is 0.716. The van der Waals surface area contributed by atoms with Crippen molar-refractivity contribution in [1.82, 2.24) is 15.8 Å². The maximum absolute atomic E-state index is 11.6. The van der Waals surface area contributed by atoms with Crippen molar-refractivity contribution >= 4 is 6.03 Å². The zero-order valence-electron chi connectivity index (χ0n) is 16.4. The highest BCUT2D eigenvalue weighted by Gasteiger charge is 2.26. The third-order valence-electron chi connectivity index (χ3n) is 3.81. The summed E-state index contributed by atoms with van der Waals surface area (Å²) in [5.41, 5.74) is 5.38. The van der Waals surface area contributed by atoms with Gasteiger partial charge in [0.2, 0.25) is 0 Å². The highest BCUT2D eigenvalue weighted by molar-refractivity contribution is 5.73. The Morgan fingerprint density at radius 1 is 1.04 bits per heavy atom. The van der Waals surface area contributed by atoms with Crippen molar-refractivity contribution in [2.75, 3.05) is 20.6 Å². The van der Waals surface area contributed by atoms with Crippen LogP contribution < -0.4 is 10.7 Å². The average Bonchev–Trinajstić information content (AvgIpc) is 2.36. The molecule has 1 rings (SSSR count). The molecular formula is C19H33N3O2. The Morgan fingerprint density at radius 3 is 1.88 bits per heavy atom. The number of nitrogens with zero attached hydrogens (tertiary/aromatic N) is 1. The summed E-state index contributed by atoms with van der Waals surface area (Å²) in [4.78, 5) is 11.6. The Balaban J connectivity index is 3.01. The molecular weight excluding hydrogens is 302 g/mol. The van der Waals surface area contributed by atoms with Crippen molar-refractivity contribution in [3.8, 4) is 5.75 Å². The number of carbonyl (C=O) groups is 1. The van der Waals surface area contributed by atoms with Gasteiger partial charge in [-0.05, 0) is 33.9 Å². The van der Waals surface area contributed by atoms with Gasteiger partial charge in [-0.1, -0.05) is 53.7 Å². The van der Waals surface area contributed by atoms with E-state index in [9.17, 15) is 9.90 Å². The van der Waals surface area contributed by atoms with E-state index in [1.54, 1.807) is 19.1 Å². The van der Waals surface area contributed by atoms with Gasteiger partial charge in [-0.3, -0.25) is 5.43 Å². The Bertz CT molecular complexity index is 546. The first kappa shape index (κ1) is 20.3. The van der Waals surface area contributed by atoms with Gasteiger partial charge in [-0.2, -0.15) is 0 Å². The van der Waals surface area contributed by atoms with Crippen LogP contribution in [0.5, 0.6) is 5.75 Å². The Labute approximate surface area is 146 Å². The van der Waals surface area contributed by atoms with Crippen molar-refractivity contribution in [2.45, 2.75) is 58.8 Å². The van der Waals surface area contributed by atoms with Crippen LogP contribution in [0.4, 0.5) is 4.79 Å². The minimum atomic E-state index is -0.217. The van der Waals surface area contributed by atoms with Crippen LogP contribution in [-0.4, -0.2) is 36.8 Å². The third kappa shape index (κ3) is 5.71. The molecule has 0 saturated carbocycles. The van der Waals surface area contributed by atoms with E-state index in [4.69, 9.17) is 0 Å². The standard InChI is InChI=1S/C19H33N3O2/c1-18(2,3)14-11-13(9-10-20-17(24)21-22(7)8)12-15(16(14)23)19(4,5)6/h11-12,23H,9-10H2,1-8H3,(H2,20,21,24). The maximum Gasteiger partial charge on any atom is 0.329 e. The van der Waals surface area contributed by atoms with E-state index in [0.29, 0.717) is 18.7 Å². The van der Waals surface area contributed by atoms with Crippen LogP contribution in [0.15, 0.2) is 12.1 Å². The fraction of sp³-hybridized carbons (Fsp3) is 0.632. The van der Waals surface area contributed by atoms with Crippen LogP contribution in [0.2, 0.25) is 0 Å². The molecule has 0 radical (unpaired) electrons. The monoisotopic (exact) mass is 335 g/mol. The van der Waals surface area contributed by atoms with Gasteiger partial charge in [-0.25, -0.2) is 9.80 Å². The molecule has 0 saturated heterocycles. The number of urea groups is 1. The van der Waals surface area contributed by atoms with Crippen molar-refractivity contribution in [3.63, 3.8) is 0 Å². The molecule has 2 amide bonds. The van der Waals surface area contributed by atoms with Gasteiger partial charge in [0.15, 0.2) is 0 Å². The van der Waals surface area contributed by atoms with Gasteiger partial charge in [0.05, 0.1) is 0 Å². The van der Waals surface area contributed by atoms with Crippen LogP contribution in [-0.2, 0) is 17.3 Å². The first-order chi connectivity index (χ1) is 10.8. The molecule has 0 aliphatic carbocycles. The average molecular weight is 335 g/mol. The van der Waals surface area contributed by atoms with E-state index in [2.05, 4.69) is 64.4 Å². The van der Waals surface area contributed by atoms with Crippen molar-refractivity contribution < 1.29 is 9.90 Å². The second-order valence-corrected chi connectivity index (χ2v) is 8.55. The van der Waals surface area contributed by atoms with Crippen LogP contribution in [0.3, 0.4) is 0 Å². The summed E-state index contributed by atoms with van der Waals surface area (Å²) in [5.74, 6) is 0.386. The van der Waals surface area contributed by atoms with Crippen LogP contribution >= 0.6 is 0 Å². The number of phenolic OH excluding ortho intramolecular Hbond substituents is 1. The van der Waals surface area contributed by atoms with Crippen LogP contribution in [0.1, 0.15) is 58.2 Å². The van der Waals surface area contributed by atoms with E-state index in [1.807, 2.05) is 0 Å². The molecule has 0 heterocycles. The number of hydrogen-bond acceptors (Lipinski definition) is 3. The number of rotatable bonds is 4. The maximum atomic E-state index is 11.6. The molecule has 5 nitrogen and oxygen atoms in total. The van der Waals surface area contributed by atoms with Gasteiger partial charge < -0.3 is 10.4 Å². The van der Waals surface area contributed by atoms with Gasteiger partial charge in [-0.15, -0.1) is 0 Å². The third-order valence-corrected chi connectivity index (χ3v) is 3.81. The fourth-order valence-electron chi connectivity index (χ4n) is 2.55. The normalized spacial score (nSPS) is 12.4. The molecule has 0 atom stereocenters. The zero-order chi connectivity index (χ0) is 18.7. The Kier molecular flexibility index (Phi) is 6.28. The lowest BCUT2D eigenvalue weighted by molar-refractivity contribution is 0.212. The molecule has 0 unspecified atom stereocenters. The molecule has 24 heavy (non-hydrogen) atoms. The van der Waals surface area contributed by atoms with Crippen LogP contribution in [0.25, 0.3) is 0 Å². The number of carbonyl (C=O) groups excluding carboxylic acids is 1. The summed E-state index contributed by atoms with van der Waals surface area (Å²) < 4.78 is 0. The lowest BCUT2D eigenvalue weighted by Gasteiger charge is -2.28. The summed E-state index contributed by atoms with van der Waals surface area (Å²) in [6, 6.07) is 3.89. The lowest BCUT2D eigenvalue weighted by atomic mass is 9.78. The summed E-state index contributed by atoms with van der Waals surface area (Å²) >= 11 is 0. The number of hydrazine groups is 1. The number of amides is 2. The quantitative estimate of drug-likeness (QED) is 0.740. The Hall–Kier alpha value is -1.75. The van der Waals surface area contributed by atoms with E-state index in [-0.39, 0.29) is 16.9 Å². The number of phenols is 1. The number of benzene rings is 1. The van der Waals surface area contributed by atoms with E-state index in [1.165, 1.54) is 0 Å². The topological polar surface area (TPSA) is 64.6 Å². The van der Waals surface area contributed by atoms with Crippen LogP contribution in [0, 0.1) is 0 Å². The number of nitrogens with one attached hydrogen (secondary N) is 2. The molecule has 5 heteroatoms. The van der Waals surface area contributed by atoms with Gasteiger partial charge in [0.25, 0.3) is 0 Å². The van der Waals surface area contributed by atoms with Crippen molar-refractivity contribution in [1.29, 1.82) is 0 Å². The molecule has 0 aliphatic rings. The van der Waals surface area contributed by atoms with Crippen molar-refractivity contribution in [2.24, 2.45) is 0 Å². The van der Waals surface area contributed by atoms with E-state index < -0.39 is 0 Å². The highest BCUT2D eigenvalue weighted by Crippen LogP contribution is 2.39. The summed E-state index contributed by atoms with van der Waals surface area (Å²) in [6.45, 7) is 13.1. The molecule has 0 spiro atoms. The number of aromatic hydroxyl groups is 1. The molecule has 136 valence electrons. The SMILES string of the molecule is CN(C)NC(=O)NCCc1cc(C(C)(C)C)c(O)c(C(C)(C)C)c1. The summed E-state index contributed by atoms with van der Waals surface area (Å²) in [5, 5.41) is 15.2. The molecule has 1 aromatic rings. The van der Waals surface area contributed by atoms with Gasteiger partial charge >= 0.3 is 6.03 Å². The second kappa shape index (κ2) is 7.43. The predicted octanol–water partition coefficient (Wildman–Crippen LogP) is 3.31. The smallest absolute Gasteiger partial charge is 0.329 e.